The Morgan fingerprint density at radius 3 is 2.82 bits per heavy atom. The largest absolute Gasteiger partial charge is 0.353 e. The third-order valence-corrected chi connectivity index (χ3v) is 3.61. The Morgan fingerprint density at radius 2 is 2.18 bits per heavy atom. The van der Waals surface area contributed by atoms with Gasteiger partial charge in [-0.3, -0.25) is 4.79 Å². The minimum atomic E-state index is 0.218. The van der Waals surface area contributed by atoms with E-state index in [0.717, 1.165) is 19.6 Å². The number of amides is 1. The van der Waals surface area contributed by atoms with Crippen LogP contribution in [0, 0.1) is 0 Å². The van der Waals surface area contributed by atoms with Gasteiger partial charge in [0.1, 0.15) is 0 Å². The van der Waals surface area contributed by atoms with Gasteiger partial charge in [0.2, 0.25) is 5.91 Å². The number of likely N-dealkylation sites (N-methyl/N-ethyl adjacent to an activating group) is 1. The Labute approximate surface area is 104 Å². The first-order chi connectivity index (χ1) is 8.24. The summed E-state index contributed by atoms with van der Waals surface area (Å²) in [7, 11) is 2.11. The summed E-state index contributed by atoms with van der Waals surface area (Å²) in [6, 6.07) is 1.12. The number of carbonyl (C=O) groups is 1. The lowest BCUT2D eigenvalue weighted by molar-refractivity contribution is -0.121. The molecule has 1 heterocycles. The normalized spacial score (nSPS) is 24.9. The Balaban J connectivity index is 1.55. The van der Waals surface area contributed by atoms with Crippen LogP contribution >= 0.6 is 0 Å². The quantitative estimate of drug-likeness (QED) is 0.718. The van der Waals surface area contributed by atoms with E-state index in [4.69, 9.17) is 0 Å². The third-order valence-electron chi connectivity index (χ3n) is 3.61. The van der Waals surface area contributed by atoms with Gasteiger partial charge in [-0.2, -0.15) is 0 Å². The summed E-state index contributed by atoms with van der Waals surface area (Å²) in [5, 5.41) is 6.57. The predicted octanol–water partition coefficient (Wildman–Crippen LogP) is 0.729. The van der Waals surface area contributed by atoms with Crippen LogP contribution in [0.5, 0.6) is 0 Å². The molecule has 0 spiro atoms. The Hall–Kier alpha value is -0.610. The van der Waals surface area contributed by atoms with E-state index in [1.54, 1.807) is 0 Å². The van der Waals surface area contributed by atoms with E-state index in [1.807, 2.05) is 0 Å². The van der Waals surface area contributed by atoms with Gasteiger partial charge in [-0.1, -0.05) is 6.42 Å². The second kappa shape index (κ2) is 6.36. The number of hydrogen-bond donors (Lipinski definition) is 2. The number of nitrogens with zero attached hydrogens (tertiary/aromatic N) is 1. The molecule has 0 aromatic heterocycles. The molecular weight excluding hydrogens is 214 g/mol. The highest BCUT2D eigenvalue weighted by molar-refractivity contribution is 5.76. The molecule has 2 N–H and O–H groups in total. The summed E-state index contributed by atoms with van der Waals surface area (Å²) in [6.45, 7) is 3.09. The first kappa shape index (κ1) is 12.8. The fourth-order valence-electron chi connectivity index (χ4n) is 2.37. The summed E-state index contributed by atoms with van der Waals surface area (Å²) in [5.41, 5.74) is 0. The van der Waals surface area contributed by atoms with Crippen molar-refractivity contribution in [1.29, 1.82) is 0 Å². The molecule has 1 amide bonds. The van der Waals surface area contributed by atoms with E-state index in [1.165, 1.54) is 32.1 Å². The predicted molar refractivity (Wildman–Crippen MR) is 68.9 cm³/mol. The maximum atomic E-state index is 11.5. The number of rotatable bonds is 6. The molecule has 1 unspecified atom stereocenters. The van der Waals surface area contributed by atoms with Gasteiger partial charge in [0.05, 0.1) is 0 Å². The topological polar surface area (TPSA) is 44.4 Å². The fraction of sp³-hybridized carbons (Fsp3) is 0.923. The molecule has 0 aromatic carbocycles. The molecule has 17 heavy (non-hydrogen) atoms. The van der Waals surface area contributed by atoms with Gasteiger partial charge in [-0.15, -0.1) is 0 Å². The molecule has 1 saturated heterocycles. The number of nitrogens with one attached hydrogen (secondary N) is 2. The van der Waals surface area contributed by atoms with E-state index >= 15 is 0 Å². The van der Waals surface area contributed by atoms with Crippen LogP contribution in [0.4, 0.5) is 0 Å². The molecule has 4 heteroatoms. The van der Waals surface area contributed by atoms with Gasteiger partial charge in [-0.05, 0) is 39.3 Å². The standard InChI is InChI=1S/C13H25N3O/c1-16(10-12-4-2-3-8-14-12)9-7-13(17)15-11-5-6-11/h11-12,14H,2-10H2,1H3,(H,15,17). The van der Waals surface area contributed by atoms with Crippen LogP contribution in [0.3, 0.4) is 0 Å². The van der Waals surface area contributed by atoms with Crippen LogP contribution < -0.4 is 10.6 Å². The van der Waals surface area contributed by atoms with E-state index in [0.29, 0.717) is 18.5 Å². The van der Waals surface area contributed by atoms with Crippen molar-refractivity contribution in [3.63, 3.8) is 0 Å². The van der Waals surface area contributed by atoms with Gasteiger partial charge < -0.3 is 15.5 Å². The molecule has 2 aliphatic rings. The van der Waals surface area contributed by atoms with E-state index < -0.39 is 0 Å². The molecular formula is C13H25N3O. The summed E-state index contributed by atoms with van der Waals surface area (Å²) >= 11 is 0. The first-order valence-corrected chi connectivity index (χ1v) is 6.95. The van der Waals surface area contributed by atoms with Crippen molar-refractivity contribution >= 4 is 5.91 Å². The van der Waals surface area contributed by atoms with E-state index in [-0.39, 0.29) is 5.91 Å². The second-order valence-electron chi connectivity index (χ2n) is 5.50. The van der Waals surface area contributed by atoms with Gasteiger partial charge in [0, 0.05) is 31.6 Å². The third kappa shape index (κ3) is 5.04. The molecule has 1 aliphatic heterocycles. The lowest BCUT2D eigenvalue weighted by atomic mass is 10.0. The molecule has 4 nitrogen and oxygen atoms in total. The van der Waals surface area contributed by atoms with Crippen LogP contribution in [0.2, 0.25) is 0 Å². The van der Waals surface area contributed by atoms with Crippen LogP contribution in [0.1, 0.15) is 38.5 Å². The van der Waals surface area contributed by atoms with E-state index in [2.05, 4.69) is 22.6 Å². The average Bonchev–Trinajstić information content (AvgIpc) is 3.12. The smallest absolute Gasteiger partial charge is 0.221 e. The fourth-order valence-corrected chi connectivity index (χ4v) is 2.37. The minimum Gasteiger partial charge on any atom is -0.353 e. The zero-order chi connectivity index (χ0) is 12.1. The van der Waals surface area contributed by atoms with Crippen molar-refractivity contribution in [3.05, 3.63) is 0 Å². The summed E-state index contributed by atoms with van der Waals surface area (Å²) in [6.07, 6.45) is 6.91. The Kier molecular flexibility index (Phi) is 4.80. The lowest BCUT2D eigenvalue weighted by Gasteiger charge is -2.28. The molecule has 2 fully saturated rings. The molecule has 1 aliphatic carbocycles. The number of hydrogen-bond acceptors (Lipinski definition) is 3. The molecule has 0 aromatic rings. The lowest BCUT2D eigenvalue weighted by Crippen LogP contribution is -2.43. The molecule has 0 bridgehead atoms. The number of piperidine rings is 1. The van der Waals surface area contributed by atoms with Gasteiger partial charge in [0.25, 0.3) is 0 Å². The van der Waals surface area contributed by atoms with Crippen molar-refractivity contribution in [2.24, 2.45) is 0 Å². The van der Waals surface area contributed by atoms with Crippen molar-refractivity contribution in [3.8, 4) is 0 Å². The average molecular weight is 239 g/mol. The summed E-state index contributed by atoms with van der Waals surface area (Å²) in [4.78, 5) is 13.8. The zero-order valence-electron chi connectivity index (χ0n) is 10.9. The molecule has 0 radical (unpaired) electrons. The molecule has 98 valence electrons. The van der Waals surface area contributed by atoms with Gasteiger partial charge >= 0.3 is 0 Å². The van der Waals surface area contributed by atoms with Crippen LogP contribution in [-0.4, -0.2) is 49.6 Å². The summed E-state index contributed by atoms with van der Waals surface area (Å²) < 4.78 is 0. The van der Waals surface area contributed by atoms with Gasteiger partial charge in [0.15, 0.2) is 0 Å². The highest BCUT2D eigenvalue weighted by Crippen LogP contribution is 2.18. The van der Waals surface area contributed by atoms with Crippen molar-refractivity contribution in [2.45, 2.75) is 50.6 Å². The molecule has 1 atom stereocenters. The Bertz CT molecular complexity index is 247. The maximum absolute atomic E-state index is 11.5. The monoisotopic (exact) mass is 239 g/mol. The highest BCUT2D eigenvalue weighted by Gasteiger charge is 2.23. The van der Waals surface area contributed by atoms with Crippen LogP contribution in [-0.2, 0) is 4.79 Å². The highest BCUT2D eigenvalue weighted by atomic mass is 16.1. The van der Waals surface area contributed by atoms with Crippen molar-refractivity contribution in [1.82, 2.24) is 15.5 Å². The first-order valence-electron chi connectivity index (χ1n) is 6.95. The summed E-state index contributed by atoms with van der Waals surface area (Å²) in [5.74, 6) is 0.218. The SMILES string of the molecule is CN(CCC(=O)NC1CC1)CC1CCCCN1. The van der Waals surface area contributed by atoms with Crippen LogP contribution in [0.25, 0.3) is 0 Å². The number of carbonyl (C=O) groups excluding carboxylic acids is 1. The Morgan fingerprint density at radius 1 is 1.35 bits per heavy atom. The molecule has 2 rings (SSSR count). The van der Waals surface area contributed by atoms with Crippen molar-refractivity contribution in [2.75, 3.05) is 26.7 Å². The molecule has 1 saturated carbocycles. The maximum Gasteiger partial charge on any atom is 0.221 e. The zero-order valence-corrected chi connectivity index (χ0v) is 10.9. The van der Waals surface area contributed by atoms with E-state index in [9.17, 15) is 4.79 Å². The van der Waals surface area contributed by atoms with Crippen LogP contribution in [0.15, 0.2) is 0 Å². The van der Waals surface area contributed by atoms with Gasteiger partial charge in [-0.25, -0.2) is 0 Å². The van der Waals surface area contributed by atoms with Crippen molar-refractivity contribution < 1.29 is 4.79 Å². The second-order valence-corrected chi connectivity index (χ2v) is 5.50. The minimum absolute atomic E-state index is 0.218.